The van der Waals surface area contributed by atoms with Gasteiger partial charge in [-0.1, -0.05) is 19.3 Å². The Balaban J connectivity index is 1.82. The summed E-state index contributed by atoms with van der Waals surface area (Å²) in [6, 6.07) is 0. The largest absolute Gasteiger partial charge is 0.350 e. The minimum atomic E-state index is 0.0142. The van der Waals surface area contributed by atoms with Gasteiger partial charge in [0.25, 0.3) is 0 Å². The van der Waals surface area contributed by atoms with E-state index in [0.717, 1.165) is 23.5 Å². The molecule has 1 aliphatic rings. The van der Waals surface area contributed by atoms with Crippen LogP contribution in [0.4, 0.5) is 0 Å². The van der Waals surface area contributed by atoms with E-state index in [1.54, 1.807) is 11.3 Å². The predicted octanol–water partition coefficient (Wildman–Crippen LogP) is 2.38. The summed E-state index contributed by atoms with van der Waals surface area (Å²) in [5.74, 6) is 0.127. The third-order valence-electron chi connectivity index (χ3n) is 3.97. The Morgan fingerprint density at radius 2 is 2.16 bits per heavy atom. The van der Waals surface area contributed by atoms with E-state index in [1.807, 2.05) is 19.4 Å². The van der Waals surface area contributed by atoms with Gasteiger partial charge in [-0.2, -0.15) is 0 Å². The van der Waals surface area contributed by atoms with Gasteiger partial charge in [0.2, 0.25) is 5.91 Å². The second kappa shape index (κ2) is 6.48. The van der Waals surface area contributed by atoms with Crippen LogP contribution in [0.25, 0.3) is 0 Å². The maximum absolute atomic E-state index is 12.1. The number of carbonyl (C=O) groups excluding carboxylic acids is 1. The van der Waals surface area contributed by atoms with E-state index in [9.17, 15) is 4.79 Å². The van der Waals surface area contributed by atoms with E-state index in [-0.39, 0.29) is 11.4 Å². The van der Waals surface area contributed by atoms with Gasteiger partial charge in [-0.3, -0.25) is 4.79 Å². The fourth-order valence-corrected chi connectivity index (χ4v) is 3.40. The average Bonchev–Trinajstić information content (AvgIpc) is 2.83. The Hall–Kier alpha value is -0.940. The molecule has 1 aromatic heterocycles. The maximum Gasteiger partial charge on any atom is 0.222 e. The molecule has 2 N–H and O–H groups in total. The van der Waals surface area contributed by atoms with Gasteiger partial charge in [0.05, 0.1) is 17.2 Å². The van der Waals surface area contributed by atoms with Crippen LogP contribution in [0, 0.1) is 6.92 Å². The van der Waals surface area contributed by atoms with Crippen LogP contribution >= 0.6 is 11.3 Å². The predicted molar refractivity (Wildman–Crippen MR) is 78.2 cm³/mol. The van der Waals surface area contributed by atoms with Gasteiger partial charge < -0.3 is 10.6 Å². The second-order valence-electron chi connectivity index (χ2n) is 5.40. The Kier molecular flexibility index (Phi) is 4.93. The molecule has 4 nitrogen and oxygen atoms in total. The van der Waals surface area contributed by atoms with E-state index >= 15 is 0 Å². The lowest BCUT2D eigenvalue weighted by molar-refractivity contribution is -0.123. The summed E-state index contributed by atoms with van der Waals surface area (Å²) < 4.78 is 0. The van der Waals surface area contributed by atoms with Crippen LogP contribution in [0.5, 0.6) is 0 Å². The lowest BCUT2D eigenvalue weighted by Gasteiger charge is -2.36. The molecule has 0 radical (unpaired) electrons. The van der Waals surface area contributed by atoms with Gasteiger partial charge in [-0.05, 0) is 26.8 Å². The first-order valence-corrected chi connectivity index (χ1v) is 7.88. The minimum Gasteiger partial charge on any atom is -0.350 e. The summed E-state index contributed by atoms with van der Waals surface area (Å²) >= 11 is 1.62. The summed E-state index contributed by atoms with van der Waals surface area (Å²) in [6.07, 6.45) is 6.52. The molecule has 1 saturated carbocycles. The van der Waals surface area contributed by atoms with Gasteiger partial charge in [0, 0.05) is 17.3 Å². The van der Waals surface area contributed by atoms with Crippen molar-refractivity contribution in [2.45, 2.75) is 57.5 Å². The Morgan fingerprint density at radius 3 is 2.74 bits per heavy atom. The molecule has 19 heavy (non-hydrogen) atoms. The van der Waals surface area contributed by atoms with E-state index in [2.05, 4.69) is 15.6 Å². The molecule has 0 saturated heterocycles. The standard InChI is InChI=1S/C14H23N3OS/c1-11-17-12(10-19-11)9-16-13(18)8-14(15-2)6-4-3-5-7-14/h10,15H,3-9H2,1-2H3,(H,16,18). The third kappa shape index (κ3) is 4.01. The lowest BCUT2D eigenvalue weighted by atomic mass is 9.79. The number of hydrogen-bond acceptors (Lipinski definition) is 4. The fourth-order valence-electron chi connectivity index (χ4n) is 2.79. The lowest BCUT2D eigenvalue weighted by Crippen LogP contribution is -2.48. The Labute approximate surface area is 119 Å². The van der Waals surface area contributed by atoms with Crippen LogP contribution < -0.4 is 10.6 Å². The Bertz CT molecular complexity index is 424. The summed E-state index contributed by atoms with van der Waals surface area (Å²) in [7, 11) is 1.97. The summed E-state index contributed by atoms with van der Waals surface area (Å²) in [5, 5.41) is 9.41. The molecule has 1 amide bonds. The zero-order chi connectivity index (χ0) is 13.7. The number of thiazole rings is 1. The van der Waals surface area contributed by atoms with Crippen molar-refractivity contribution in [3.63, 3.8) is 0 Å². The van der Waals surface area contributed by atoms with Crippen molar-refractivity contribution in [2.24, 2.45) is 0 Å². The van der Waals surface area contributed by atoms with Crippen LogP contribution in [0.2, 0.25) is 0 Å². The van der Waals surface area contributed by atoms with E-state index < -0.39 is 0 Å². The van der Waals surface area contributed by atoms with Gasteiger partial charge >= 0.3 is 0 Å². The monoisotopic (exact) mass is 281 g/mol. The molecule has 2 rings (SSSR count). The number of nitrogens with one attached hydrogen (secondary N) is 2. The minimum absolute atomic E-state index is 0.0142. The van der Waals surface area contributed by atoms with Crippen molar-refractivity contribution in [3.8, 4) is 0 Å². The zero-order valence-electron chi connectivity index (χ0n) is 11.8. The van der Waals surface area contributed by atoms with Gasteiger partial charge in [0.1, 0.15) is 0 Å². The van der Waals surface area contributed by atoms with Crippen LogP contribution in [0.15, 0.2) is 5.38 Å². The molecule has 1 aromatic rings. The number of nitrogens with zero attached hydrogens (tertiary/aromatic N) is 1. The molecule has 5 heteroatoms. The number of aryl methyl sites for hydroxylation is 1. The molecule has 1 fully saturated rings. The highest BCUT2D eigenvalue weighted by atomic mass is 32.1. The van der Waals surface area contributed by atoms with Crippen LogP contribution in [-0.4, -0.2) is 23.5 Å². The van der Waals surface area contributed by atoms with Crippen molar-refractivity contribution in [1.82, 2.24) is 15.6 Å². The van der Waals surface area contributed by atoms with E-state index in [1.165, 1.54) is 19.3 Å². The molecule has 0 bridgehead atoms. The van der Waals surface area contributed by atoms with Gasteiger partial charge in [-0.15, -0.1) is 11.3 Å². The van der Waals surface area contributed by atoms with Crippen molar-refractivity contribution in [1.29, 1.82) is 0 Å². The Morgan fingerprint density at radius 1 is 1.42 bits per heavy atom. The quantitative estimate of drug-likeness (QED) is 0.871. The van der Waals surface area contributed by atoms with Crippen molar-refractivity contribution >= 4 is 17.2 Å². The topological polar surface area (TPSA) is 54.0 Å². The number of hydrogen-bond donors (Lipinski definition) is 2. The average molecular weight is 281 g/mol. The van der Waals surface area contributed by atoms with Crippen molar-refractivity contribution in [2.75, 3.05) is 7.05 Å². The summed E-state index contributed by atoms with van der Waals surface area (Å²) in [5.41, 5.74) is 0.971. The highest BCUT2D eigenvalue weighted by Gasteiger charge is 2.32. The van der Waals surface area contributed by atoms with E-state index in [4.69, 9.17) is 0 Å². The zero-order valence-corrected chi connectivity index (χ0v) is 12.6. The molecule has 1 heterocycles. The molecule has 1 aliphatic carbocycles. The first-order chi connectivity index (χ1) is 9.13. The van der Waals surface area contributed by atoms with Crippen LogP contribution in [0.3, 0.4) is 0 Å². The molecular formula is C14H23N3OS. The molecule has 0 spiro atoms. The van der Waals surface area contributed by atoms with Crippen molar-refractivity contribution in [3.05, 3.63) is 16.1 Å². The number of aromatic nitrogens is 1. The van der Waals surface area contributed by atoms with Crippen LogP contribution in [-0.2, 0) is 11.3 Å². The van der Waals surface area contributed by atoms with Crippen LogP contribution in [0.1, 0.15) is 49.2 Å². The highest BCUT2D eigenvalue weighted by Crippen LogP contribution is 2.30. The molecule has 0 unspecified atom stereocenters. The number of amides is 1. The SMILES string of the molecule is CNC1(CC(=O)NCc2csc(C)n2)CCCCC1. The second-order valence-corrected chi connectivity index (χ2v) is 6.46. The van der Waals surface area contributed by atoms with E-state index in [0.29, 0.717) is 13.0 Å². The molecular weight excluding hydrogens is 258 g/mol. The molecule has 0 atom stereocenters. The van der Waals surface area contributed by atoms with Crippen molar-refractivity contribution < 1.29 is 4.79 Å². The smallest absolute Gasteiger partial charge is 0.222 e. The normalized spacial score (nSPS) is 18.2. The fraction of sp³-hybridized carbons (Fsp3) is 0.714. The highest BCUT2D eigenvalue weighted by molar-refractivity contribution is 7.09. The third-order valence-corrected chi connectivity index (χ3v) is 4.80. The summed E-state index contributed by atoms with van der Waals surface area (Å²) in [4.78, 5) is 16.4. The number of carbonyl (C=O) groups is 1. The number of rotatable bonds is 5. The first-order valence-electron chi connectivity index (χ1n) is 7.00. The first kappa shape index (κ1) is 14.5. The molecule has 106 valence electrons. The maximum atomic E-state index is 12.1. The molecule has 0 aromatic carbocycles. The van der Waals surface area contributed by atoms with Gasteiger partial charge in [-0.25, -0.2) is 4.98 Å². The van der Waals surface area contributed by atoms with Gasteiger partial charge in [0.15, 0.2) is 0 Å². The molecule has 0 aliphatic heterocycles. The summed E-state index contributed by atoms with van der Waals surface area (Å²) in [6.45, 7) is 2.52.